The second-order valence-electron chi connectivity index (χ2n) is 4.35. The van der Waals surface area contributed by atoms with Crippen LogP contribution < -0.4 is 5.32 Å². The van der Waals surface area contributed by atoms with Gasteiger partial charge in [0, 0.05) is 29.8 Å². The Morgan fingerprint density at radius 3 is 2.84 bits per heavy atom. The molecule has 94 valence electrons. The van der Waals surface area contributed by atoms with Crippen molar-refractivity contribution in [2.45, 2.75) is 6.92 Å². The van der Waals surface area contributed by atoms with Crippen LogP contribution in [0.1, 0.15) is 6.92 Å². The molecule has 4 heteroatoms. The van der Waals surface area contributed by atoms with E-state index in [1.807, 2.05) is 42.5 Å². The smallest absolute Gasteiger partial charge is 0.221 e. The topological polar surface area (TPSA) is 57.8 Å². The molecule has 19 heavy (non-hydrogen) atoms. The van der Waals surface area contributed by atoms with Crippen LogP contribution in [0, 0.1) is 0 Å². The van der Waals surface area contributed by atoms with E-state index in [2.05, 4.69) is 15.3 Å². The number of hydrogen-bond donors (Lipinski definition) is 2. The van der Waals surface area contributed by atoms with Gasteiger partial charge in [-0.3, -0.25) is 4.79 Å². The Morgan fingerprint density at radius 1 is 1.21 bits per heavy atom. The average molecular weight is 251 g/mol. The van der Waals surface area contributed by atoms with Crippen LogP contribution in [-0.4, -0.2) is 15.9 Å². The Bertz CT molecular complexity index is 713. The summed E-state index contributed by atoms with van der Waals surface area (Å²) in [5.41, 5.74) is 3.53. The molecule has 3 aromatic rings. The van der Waals surface area contributed by atoms with E-state index < -0.39 is 0 Å². The first-order chi connectivity index (χ1) is 9.24. The summed E-state index contributed by atoms with van der Waals surface area (Å²) < 4.78 is 0. The van der Waals surface area contributed by atoms with Gasteiger partial charge >= 0.3 is 0 Å². The Hall–Kier alpha value is -2.62. The molecule has 0 unspecified atom stereocenters. The minimum absolute atomic E-state index is 0.0818. The number of fused-ring (bicyclic) bond motifs is 1. The first-order valence-electron chi connectivity index (χ1n) is 6.05. The van der Waals surface area contributed by atoms with Gasteiger partial charge in [0.2, 0.25) is 5.91 Å². The fourth-order valence-electron chi connectivity index (χ4n) is 2.12. The Morgan fingerprint density at radius 2 is 2.05 bits per heavy atom. The van der Waals surface area contributed by atoms with Gasteiger partial charge in [0.1, 0.15) is 5.65 Å². The van der Waals surface area contributed by atoms with Gasteiger partial charge in [0.25, 0.3) is 0 Å². The second-order valence-corrected chi connectivity index (χ2v) is 4.35. The number of amides is 1. The lowest BCUT2D eigenvalue weighted by atomic mass is 10.1. The molecule has 0 atom stereocenters. The normalized spacial score (nSPS) is 10.6. The monoisotopic (exact) mass is 251 g/mol. The van der Waals surface area contributed by atoms with Crippen molar-refractivity contribution in [2.75, 3.05) is 5.32 Å². The average Bonchev–Trinajstić information content (AvgIpc) is 2.82. The summed E-state index contributed by atoms with van der Waals surface area (Å²) in [7, 11) is 0. The molecule has 2 N–H and O–H groups in total. The van der Waals surface area contributed by atoms with E-state index in [-0.39, 0.29) is 5.91 Å². The van der Waals surface area contributed by atoms with E-state index in [0.29, 0.717) is 0 Å². The summed E-state index contributed by atoms with van der Waals surface area (Å²) in [6.07, 6.45) is 1.75. The van der Waals surface area contributed by atoms with Crippen molar-refractivity contribution < 1.29 is 4.79 Å². The number of aromatic amines is 1. The van der Waals surface area contributed by atoms with Crippen LogP contribution in [0.25, 0.3) is 22.3 Å². The molecule has 2 aromatic heterocycles. The van der Waals surface area contributed by atoms with Crippen molar-refractivity contribution in [3.05, 3.63) is 48.7 Å². The largest absolute Gasteiger partial charge is 0.339 e. The Balaban J connectivity index is 2.13. The summed E-state index contributed by atoms with van der Waals surface area (Å²) in [6.45, 7) is 1.50. The third kappa shape index (κ3) is 2.20. The Labute approximate surface area is 110 Å². The van der Waals surface area contributed by atoms with E-state index in [9.17, 15) is 4.79 Å². The van der Waals surface area contributed by atoms with Gasteiger partial charge in [-0.25, -0.2) is 4.98 Å². The van der Waals surface area contributed by atoms with Crippen molar-refractivity contribution in [3.63, 3.8) is 0 Å². The number of rotatable bonds is 2. The van der Waals surface area contributed by atoms with Gasteiger partial charge in [-0.2, -0.15) is 0 Å². The number of carbonyl (C=O) groups excluding carboxylic acids is 1. The molecule has 0 aliphatic rings. The van der Waals surface area contributed by atoms with Crippen molar-refractivity contribution in [1.29, 1.82) is 0 Å². The van der Waals surface area contributed by atoms with Gasteiger partial charge in [-0.05, 0) is 24.3 Å². The molecule has 1 aromatic carbocycles. The third-order valence-electron chi connectivity index (χ3n) is 2.92. The van der Waals surface area contributed by atoms with Crippen LogP contribution in [0.2, 0.25) is 0 Å². The van der Waals surface area contributed by atoms with Crippen molar-refractivity contribution >= 4 is 22.6 Å². The number of hydrogen-bond acceptors (Lipinski definition) is 2. The molecule has 0 fully saturated rings. The second kappa shape index (κ2) is 4.57. The van der Waals surface area contributed by atoms with Crippen LogP contribution >= 0.6 is 0 Å². The summed E-state index contributed by atoms with van der Waals surface area (Å²) in [5.74, 6) is -0.0818. The number of anilines is 1. The van der Waals surface area contributed by atoms with Gasteiger partial charge in [0.05, 0.1) is 5.69 Å². The summed E-state index contributed by atoms with van der Waals surface area (Å²) in [6, 6.07) is 13.6. The number of benzene rings is 1. The quantitative estimate of drug-likeness (QED) is 0.734. The molecule has 1 amide bonds. The van der Waals surface area contributed by atoms with Crippen LogP contribution in [-0.2, 0) is 4.79 Å². The molecule has 0 aliphatic heterocycles. The van der Waals surface area contributed by atoms with E-state index in [1.165, 1.54) is 6.92 Å². The predicted octanol–water partition coefficient (Wildman–Crippen LogP) is 3.19. The van der Waals surface area contributed by atoms with Crippen LogP contribution in [0.15, 0.2) is 48.7 Å². The maximum atomic E-state index is 11.2. The van der Waals surface area contributed by atoms with Crippen molar-refractivity contribution in [1.82, 2.24) is 9.97 Å². The number of nitrogens with zero attached hydrogens (tertiary/aromatic N) is 1. The molecule has 2 heterocycles. The maximum absolute atomic E-state index is 11.2. The van der Waals surface area contributed by atoms with E-state index in [0.717, 1.165) is 28.0 Å². The first kappa shape index (κ1) is 11.5. The Kier molecular flexibility index (Phi) is 2.76. The number of pyridine rings is 1. The molecule has 0 aliphatic carbocycles. The van der Waals surface area contributed by atoms with Crippen LogP contribution in [0.4, 0.5) is 5.69 Å². The lowest BCUT2D eigenvalue weighted by Gasteiger charge is -2.07. The summed E-state index contributed by atoms with van der Waals surface area (Å²) >= 11 is 0. The number of para-hydroxylation sites is 1. The van der Waals surface area contributed by atoms with Gasteiger partial charge < -0.3 is 10.3 Å². The molecule has 4 nitrogen and oxygen atoms in total. The molecular weight excluding hydrogens is 238 g/mol. The SMILES string of the molecule is CC(=O)Nc1ccccc1-c1cc2cccnc2[nH]1. The summed E-state index contributed by atoms with van der Waals surface area (Å²) in [5, 5.41) is 3.89. The molecule has 0 bridgehead atoms. The molecule has 0 spiro atoms. The minimum atomic E-state index is -0.0818. The number of nitrogens with one attached hydrogen (secondary N) is 2. The molecule has 0 saturated carbocycles. The van der Waals surface area contributed by atoms with Crippen LogP contribution in [0.3, 0.4) is 0 Å². The van der Waals surface area contributed by atoms with E-state index in [4.69, 9.17) is 0 Å². The molecule has 0 radical (unpaired) electrons. The van der Waals surface area contributed by atoms with E-state index >= 15 is 0 Å². The third-order valence-corrected chi connectivity index (χ3v) is 2.92. The highest BCUT2D eigenvalue weighted by Crippen LogP contribution is 2.29. The predicted molar refractivity (Wildman–Crippen MR) is 75.8 cm³/mol. The molecular formula is C15H13N3O. The van der Waals surface area contributed by atoms with Crippen molar-refractivity contribution in [2.24, 2.45) is 0 Å². The number of aromatic nitrogens is 2. The molecule has 3 rings (SSSR count). The zero-order valence-electron chi connectivity index (χ0n) is 10.5. The highest BCUT2D eigenvalue weighted by atomic mass is 16.1. The first-order valence-corrected chi connectivity index (χ1v) is 6.05. The van der Waals surface area contributed by atoms with Gasteiger partial charge in [-0.15, -0.1) is 0 Å². The maximum Gasteiger partial charge on any atom is 0.221 e. The van der Waals surface area contributed by atoms with E-state index in [1.54, 1.807) is 6.20 Å². The lowest BCUT2D eigenvalue weighted by Crippen LogP contribution is -2.06. The standard InChI is InChI=1S/C15H13N3O/c1-10(19)17-13-7-3-2-6-12(13)14-9-11-5-4-8-16-15(11)18-14/h2-9H,1H3,(H,16,18)(H,17,19). The fourth-order valence-corrected chi connectivity index (χ4v) is 2.12. The lowest BCUT2D eigenvalue weighted by molar-refractivity contribution is -0.114. The van der Waals surface area contributed by atoms with Crippen LogP contribution in [0.5, 0.6) is 0 Å². The summed E-state index contributed by atoms with van der Waals surface area (Å²) in [4.78, 5) is 18.8. The van der Waals surface area contributed by atoms with Gasteiger partial charge in [0.15, 0.2) is 0 Å². The highest BCUT2D eigenvalue weighted by molar-refractivity contribution is 5.95. The highest BCUT2D eigenvalue weighted by Gasteiger charge is 2.08. The van der Waals surface area contributed by atoms with Gasteiger partial charge in [-0.1, -0.05) is 18.2 Å². The fraction of sp³-hybridized carbons (Fsp3) is 0.0667. The minimum Gasteiger partial charge on any atom is -0.339 e. The van der Waals surface area contributed by atoms with Crippen molar-refractivity contribution in [3.8, 4) is 11.3 Å². The number of carbonyl (C=O) groups is 1. The zero-order valence-corrected chi connectivity index (χ0v) is 10.5. The molecule has 0 saturated heterocycles. The number of H-pyrrole nitrogens is 1. The zero-order chi connectivity index (χ0) is 13.2.